The second-order valence-electron chi connectivity index (χ2n) is 6.26. The van der Waals surface area contributed by atoms with Gasteiger partial charge in [0.25, 0.3) is 5.91 Å². The van der Waals surface area contributed by atoms with Crippen molar-refractivity contribution >= 4 is 28.7 Å². The summed E-state index contributed by atoms with van der Waals surface area (Å²) < 4.78 is 1.95. The molecule has 0 aliphatic carbocycles. The summed E-state index contributed by atoms with van der Waals surface area (Å²) in [6.45, 7) is 3.50. The first-order chi connectivity index (χ1) is 12.4. The Morgan fingerprint density at radius 3 is 2.69 bits per heavy atom. The number of carboxylic acid groups (broad SMARTS) is 1. The first-order valence-electron chi connectivity index (χ1n) is 8.27. The van der Waals surface area contributed by atoms with Gasteiger partial charge in [0.1, 0.15) is 11.6 Å². The van der Waals surface area contributed by atoms with Crippen molar-refractivity contribution in [3.05, 3.63) is 54.0 Å². The molecule has 0 bridgehead atoms. The normalized spacial score (nSPS) is 12.1. The number of amides is 1. The number of carboxylic acids is 1. The predicted molar refractivity (Wildman–Crippen MR) is 98.2 cm³/mol. The van der Waals surface area contributed by atoms with E-state index in [4.69, 9.17) is 0 Å². The van der Waals surface area contributed by atoms with E-state index in [1.54, 1.807) is 43.5 Å². The number of carbonyl (C=O) groups is 2. The fourth-order valence-electron chi connectivity index (χ4n) is 2.75. The molecule has 134 valence electrons. The molecule has 7 nitrogen and oxygen atoms in total. The van der Waals surface area contributed by atoms with Crippen LogP contribution in [0.1, 0.15) is 23.1 Å². The Kier molecular flexibility index (Phi) is 4.71. The first kappa shape index (κ1) is 17.6. The molecule has 2 heterocycles. The lowest BCUT2D eigenvalue weighted by atomic mass is 10.1. The van der Waals surface area contributed by atoms with Crippen molar-refractivity contribution in [2.75, 3.05) is 11.4 Å². The zero-order valence-electron chi connectivity index (χ0n) is 14.9. The van der Waals surface area contributed by atoms with Crippen LogP contribution in [0.5, 0.6) is 0 Å². The number of hydrogen-bond acceptors (Lipinski definition) is 4. The summed E-state index contributed by atoms with van der Waals surface area (Å²) in [5.41, 5.74) is 2.10. The zero-order chi connectivity index (χ0) is 18.8. The number of aliphatic carboxylic acids is 1. The summed E-state index contributed by atoms with van der Waals surface area (Å²) in [5, 5.41) is 9.23. The Labute approximate surface area is 150 Å². The molecule has 0 spiro atoms. The summed E-state index contributed by atoms with van der Waals surface area (Å²) in [7, 11) is 1.92. The number of hydrogen-bond donors (Lipinski definition) is 1. The molecule has 2 aromatic heterocycles. The van der Waals surface area contributed by atoms with Gasteiger partial charge in [0, 0.05) is 25.4 Å². The van der Waals surface area contributed by atoms with E-state index in [1.165, 1.54) is 4.90 Å². The van der Waals surface area contributed by atoms with Crippen LogP contribution in [0.25, 0.3) is 11.0 Å². The Hall–Kier alpha value is -3.22. The smallest absolute Gasteiger partial charge is 0.308 e. The minimum atomic E-state index is -0.963. The molecule has 0 saturated carbocycles. The number of rotatable bonds is 5. The molecule has 0 fully saturated rings. The lowest BCUT2D eigenvalue weighted by molar-refractivity contribution is -0.140. The molecule has 1 atom stereocenters. The number of carbonyl (C=O) groups excluding carboxylic acids is 1. The Bertz CT molecular complexity index is 966. The number of imidazole rings is 1. The van der Waals surface area contributed by atoms with Gasteiger partial charge >= 0.3 is 5.97 Å². The molecular formula is C19H20N4O3. The van der Waals surface area contributed by atoms with E-state index in [9.17, 15) is 14.7 Å². The molecule has 3 rings (SSSR count). The molecule has 7 heteroatoms. The summed E-state index contributed by atoms with van der Waals surface area (Å²) >= 11 is 0. The van der Waals surface area contributed by atoms with Crippen LogP contribution in [0.4, 0.5) is 5.82 Å². The third-order valence-electron chi connectivity index (χ3n) is 4.40. The van der Waals surface area contributed by atoms with Crippen LogP contribution >= 0.6 is 0 Å². The highest BCUT2D eigenvalue weighted by molar-refractivity contribution is 6.07. The van der Waals surface area contributed by atoms with Crippen molar-refractivity contribution < 1.29 is 14.7 Å². The van der Waals surface area contributed by atoms with Crippen molar-refractivity contribution in [3.63, 3.8) is 0 Å². The summed E-state index contributed by atoms with van der Waals surface area (Å²) in [4.78, 5) is 34.4. The van der Waals surface area contributed by atoms with Crippen molar-refractivity contribution in [3.8, 4) is 0 Å². The fraction of sp³-hybridized carbons (Fsp3) is 0.263. The van der Waals surface area contributed by atoms with E-state index in [-0.39, 0.29) is 12.5 Å². The maximum Gasteiger partial charge on any atom is 0.308 e. The standard InChI is InChI=1S/C19H20N4O3/c1-12(19(25)26)11-23(17-6-4-5-9-20-17)18(24)14-7-8-16-15(10-14)21-13(2)22(16)3/h4-10,12H,11H2,1-3H3,(H,25,26). The van der Waals surface area contributed by atoms with E-state index >= 15 is 0 Å². The van der Waals surface area contributed by atoms with Crippen LogP contribution in [0, 0.1) is 12.8 Å². The van der Waals surface area contributed by atoms with Crippen LogP contribution in [0.15, 0.2) is 42.6 Å². The molecule has 0 aliphatic rings. The van der Waals surface area contributed by atoms with Crippen molar-refractivity contribution in [2.24, 2.45) is 13.0 Å². The Balaban J connectivity index is 2.00. The fourth-order valence-corrected chi connectivity index (χ4v) is 2.75. The third kappa shape index (κ3) is 3.28. The van der Waals surface area contributed by atoms with Gasteiger partial charge in [-0.05, 0) is 37.3 Å². The topological polar surface area (TPSA) is 88.3 Å². The number of fused-ring (bicyclic) bond motifs is 1. The van der Waals surface area contributed by atoms with E-state index < -0.39 is 11.9 Å². The van der Waals surface area contributed by atoms with Gasteiger partial charge in [-0.15, -0.1) is 0 Å². The number of nitrogens with zero attached hydrogens (tertiary/aromatic N) is 4. The van der Waals surface area contributed by atoms with E-state index in [0.717, 1.165) is 16.9 Å². The molecule has 1 aromatic carbocycles. The van der Waals surface area contributed by atoms with E-state index in [0.29, 0.717) is 11.4 Å². The van der Waals surface area contributed by atoms with Crippen molar-refractivity contribution in [2.45, 2.75) is 13.8 Å². The summed E-state index contributed by atoms with van der Waals surface area (Å²) in [6, 6.07) is 10.5. The maximum absolute atomic E-state index is 13.1. The highest BCUT2D eigenvalue weighted by Gasteiger charge is 2.24. The second kappa shape index (κ2) is 6.95. The van der Waals surface area contributed by atoms with Gasteiger partial charge in [-0.2, -0.15) is 0 Å². The monoisotopic (exact) mass is 352 g/mol. The largest absolute Gasteiger partial charge is 0.481 e. The Morgan fingerprint density at radius 2 is 2.04 bits per heavy atom. The Morgan fingerprint density at radius 1 is 1.27 bits per heavy atom. The van der Waals surface area contributed by atoms with E-state index in [2.05, 4.69) is 9.97 Å². The van der Waals surface area contributed by atoms with Gasteiger partial charge < -0.3 is 9.67 Å². The molecule has 1 N–H and O–H groups in total. The minimum absolute atomic E-state index is 0.0322. The minimum Gasteiger partial charge on any atom is -0.481 e. The van der Waals surface area contributed by atoms with Crippen LogP contribution < -0.4 is 4.90 Å². The number of pyridine rings is 1. The second-order valence-corrected chi connectivity index (χ2v) is 6.26. The molecule has 0 saturated heterocycles. The SMILES string of the molecule is Cc1nc2cc(C(=O)N(CC(C)C(=O)O)c3ccccn3)ccc2n1C. The van der Waals surface area contributed by atoms with Gasteiger partial charge in [0.15, 0.2) is 0 Å². The first-order valence-corrected chi connectivity index (χ1v) is 8.27. The average molecular weight is 352 g/mol. The third-order valence-corrected chi connectivity index (χ3v) is 4.40. The highest BCUT2D eigenvalue weighted by atomic mass is 16.4. The lowest BCUT2D eigenvalue weighted by Gasteiger charge is -2.23. The average Bonchev–Trinajstić information content (AvgIpc) is 2.93. The molecule has 1 amide bonds. The highest BCUT2D eigenvalue weighted by Crippen LogP contribution is 2.20. The zero-order valence-corrected chi connectivity index (χ0v) is 14.9. The van der Waals surface area contributed by atoms with Gasteiger partial charge in [-0.1, -0.05) is 13.0 Å². The molecule has 0 aliphatic heterocycles. The van der Waals surface area contributed by atoms with Crippen LogP contribution in [-0.4, -0.2) is 38.1 Å². The molecular weight excluding hydrogens is 332 g/mol. The number of benzene rings is 1. The van der Waals surface area contributed by atoms with Crippen LogP contribution in [0.3, 0.4) is 0 Å². The number of aryl methyl sites for hydroxylation is 2. The van der Waals surface area contributed by atoms with Crippen LogP contribution in [0.2, 0.25) is 0 Å². The number of aromatic nitrogens is 3. The van der Waals surface area contributed by atoms with Gasteiger partial charge in [0.05, 0.1) is 17.0 Å². The van der Waals surface area contributed by atoms with Gasteiger partial charge in [-0.25, -0.2) is 9.97 Å². The van der Waals surface area contributed by atoms with Crippen molar-refractivity contribution in [1.29, 1.82) is 0 Å². The van der Waals surface area contributed by atoms with Gasteiger partial charge in [-0.3, -0.25) is 14.5 Å². The summed E-state index contributed by atoms with van der Waals surface area (Å²) in [6.07, 6.45) is 1.58. The van der Waals surface area contributed by atoms with Crippen LogP contribution in [-0.2, 0) is 11.8 Å². The van der Waals surface area contributed by atoms with Gasteiger partial charge in [0.2, 0.25) is 0 Å². The predicted octanol–water partition coefficient (Wildman–Crippen LogP) is 2.64. The molecule has 0 radical (unpaired) electrons. The quantitative estimate of drug-likeness (QED) is 0.762. The lowest BCUT2D eigenvalue weighted by Crippen LogP contribution is -2.37. The van der Waals surface area contributed by atoms with Crippen molar-refractivity contribution in [1.82, 2.24) is 14.5 Å². The molecule has 1 unspecified atom stereocenters. The molecule has 3 aromatic rings. The molecule has 26 heavy (non-hydrogen) atoms. The maximum atomic E-state index is 13.1. The summed E-state index contributed by atoms with van der Waals surface area (Å²) in [5.74, 6) is -0.716. The van der Waals surface area contributed by atoms with E-state index in [1.807, 2.05) is 24.6 Å². The number of anilines is 1.